The molecule has 1 spiro atoms. The molecule has 0 amide bonds. The lowest BCUT2D eigenvalue weighted by molar-refractivity contribution is 0.137. The molecule has 0 aromatic heterocycles. The summed E-state index contributed by atoms with van der Waals surface area (Å²) in [5, 5.41) is 3.42. The molecule has 2 aliphatic carbocycles. The Bertz CT molecular complexity index is 488. The first kappa shape index (κ1) is 11.8. The minimum atomic E-state index is 0.440. The maximum atomic E-state index is 6.33. The van der Waals surface area contributed by atoms with E-state index in [1.165, 1.54) is 56.3 Å². The van der Waals surface area contributed by atoms with Gasteiger partial charge in [0.25, 0.3) is 0 Å². The summed E-state index contributed by atoms with van der Waals surface area (Å²) in [5.74, 6) is 1.95. The molecule has 1 aromatic carbocycles. The van der Waals surface area contributed by atoms with Crippen molar-refractivity contribution in [2.75, 3.05) is 13.1 Å². The molecular weight excluding hydrogens is 234 g/mol. The fraction of sp³-hybridized carbons (Fsp3) is 0.647. The lowest BCUT2D eigenvalue weighted by Gasteiger charge is -2.39. The van der Waals surface area contributed by atoms with Crippen LogP contribution in [0.2, 0.25) is 0 Å². The van der Waals surface area contributed by atoms with E-state index in [4.69, 9.17) is 4.74 Å². The highest BCUT2D eigenvalue weighted by molar-refractivity contribution is 5.42. The number of benzene rings is 1. The molecule has 3 aliphatic rings. The SMILES string of the molecule is Cc1c(OC2CCC3(CNC3)C2)cccc1C1CC1. The van der Waals surface area contributed by atoms with Gasteiger partial charge in [0, 0.05) is 13.1 Å². The first-order valence-corrected chi connectivity index (χ1v) is 7.73. The minimum absolute atomic E-state index is 0.440. The molecule has 0 bridgehead atoms. The maximum Gasteiger partial charge on any atom is 0.122 e. The van der Waals surface area contributed by atoms with Crippen LogP contribution in [0.4, 0.5) is 0 Å². The third-order valence-electron chi connectivity index (χ3n) is 5.29. The van der Waals surface area contributed by atoms with Crippen LogP contribution in [0.3, 0.4) is 0 Å². The molecule has 1 N–H and O–H groups in total. The molecule has 0 radical (unpaired) electrons. The van der Waals surface area contributed by atoms with Crippen molar-refractivity contribution in [1.82, 2.24) is 5.32 Å². The molecule has 3 fully saturated rings. The lowest BCUT2D eigenvalue weighted by Crippen LogP contribution is -2.52. The minimum Gasteiger partial charge on any atom is -0.490 e. The van der Waals surface area contributed by atoms with E-state index in [1.807, 2.05) is 0 Å². The van der Waals surface area contributed by atoms with Gasteiger partial charge in [0.2, 0.25) is 0 Å². The third-order valence-corrected chi connectivity index (χ3v) is 5.29. The van der Waals surface area contributed by atoms with Crippen molar-refractivity contribution in [3.63, 3.8) is 0 Å². The molecule has 1 aromatic rings. The van der Waals surface area contributed by atoms with Crippen LogP contribution in [0.15, 0.2) is 18.2 Å². The highest BCUT2D eigenvalue weighted by Gasteiger charge is 2.44. The summed E-state index contributed by atoms with van der Waals surface area (Å²) in [5.41, 5.74) is 3.49. The summed E-state index contributed by atoms with van der Waals surface area (Å²) in [7, 11) is 0. The molecule has 1 saturated heterocycles. The van der Waals surface area contributed by atoms with Crippen molar-refractivity contribution in [2.24, 2.45) is 5.41 Å². The average Bonchev–Trinajstić information content (AvgIpc) is 3.11. The van der Waals surface area contributed by atoms with Gasteiger partial charge >= 0.3 is 0 Å². The second-order valence-electron chi connectivity index (χ2n) is 6.83. The van der Waals surface area contributed by atoms with Crippen molar-refractivity contribution in [3.8, 4) is 5.75 Å². The van der Waals surface area contributed by atoms with Gasteiger partial charge in [0.1, 0.15) is 5.75 Å². The summed E-state index contributed by atoms with van der Waals surface area (Å²) in [6, 6.07) is 6.61. The molecule has 1 aliphatic heterocycles. The molecule has 4 rings (SSSR count). The highest BCUT2D eigenvalue weighted by atomic mass is 16.5. The van der Waals surface area contributed by atoms with Crippen LogP contribution in [-0.2, 0) is 0 Å². The van der Waals surface area contributed by atoms with Crippen LogP contribution < -0.4 is 10.1 Å². The Morgan fingerprint density at radius 3 is 2.68 bits per heavy atom. The third kappa shape index (κ3) is 2.06. The Balaban J connectivity index is 1.49. The van der Waals surface area contributed by atoms with Crippen LogP contribution in [0.5, 0.6) is 5.75 Å². The van der Waals surface area contributed by atoms with Gasteiger partial charge in [-0.25, -0.2) is 0 Å². The highest BCUT2D eigenvalue weighted by Crippen LogP contribution is 2.45. The van der Waals surface area contributed by atoms with Crippen LogP contribution >= 0.6 is 0 Å². The summed E-state index contributed by atoms with van der Waals surface area (Å²) in [4.78, 5) is 0. The predicted octanol–water partition coefficient (Wildman–Crippen LogP) is 3.39. The van der Waals surface area contributed by atoms with Gasteiger partial charge in [-0.05, 0) is 67.6 Å². The zero-order valence-electron chi connectivity index (χ0n) is 11.7. The molecule has 2 heteroatoms. The van der Waals surface area contributed by atoms with E-state index in [9.17, 15) is 0 Å². The van der Waals surface area contributed by atoms with Gasteiger partial charge in [-0.15, -0.1) is 0 Å². The van der Waals surface area contributed by atoms with Crippen molar-refractivity contribution in [3.05, 3.63) is 29.3 Å². The standard InChI is InChI=1S/C17H23NO/c1-12-15(13-5-6-13)3-2-4-16(12)19-14-7-8-17(9-14)10-18-11-17/h2-4,13-14,18H,5-11H2,1H3. The van der Waals surface area contributed by atoms with E-state index in [-0.39, 0.29) is 0 Å². The average molecular weight is 257 g/mol. The first-order chi connectivity index (χ1) is 9.26. The summed E-state index contributed by atoms with van der Waals surface area (Å²) in [6.45, 7) is 4.64. The fourth-order valence-electron chi connectivity index (χ4n) is 3.83. The lowest BCUT2D eigenvalue weighted by atomic mass is 9.80. The Hall–Kier alpha value is -1.02. The zero-order chi connectivity index (χ0) is 12.9. The van der Waals surface area contributed by atoms with Crippen molar-refractivity contribution in [1.29, 1.82) is 0 Å². The molecule has 1 heterocycles. The maximum absolute atomic E-state index is 6.33. The van der Waals surface area contributed by atoms with Gasteiger partial charge < -0.3 is 10.1 Å². The quantitative estimate of drug-likeness (QED) is 0.896. The van der Waals surface area contributed by atoms with Crippen molar-refractivity contribution in [2.45, 2.75) is 51.0 Å². The Labute approximate surface area is 115 Å². The van der Waals surface area contributed by atoms with Crippen LogP contribution in [0.25, 0.3) is 0 Å². The van der Waals surface area contributed by atoms with Gasteiger partial charge in [-0.1, -0.05) is 12.1 Å². The molecule has 19 heavy (non-hydrogen) atoms. The monoisotopic (exact) mass is 257 g/mol. The summed E-state index contributed by atoms with van der Waals surface area (Å²) < 4.78 is 6.33. The van der Waals surface area contributed by atoms with E-state index in [0.717, 1.165) is 11.7 Å². The number of nitrogens with one attached hydrogen (secondary N) is 1. The molecule has 1 unspecified atom stereocenters. The zero-order valence-corrected chi connectivity index (χ0v) is 11.7. The molecule has 1 atom stereocenters. The van der Waals surface area contributed by atoms with E-state index in [0.29, 0.717) is 11.5 Å². The van der Waals surface area contributed by atoms with Gasteiger partial charge in [-0.3, -0.25) is 0 Å². The number of ether oxygens (including phenoxy) is 1. The smallest absolute Gasteiger partial charge is 0.122 e. The Morgan fingerprint density at radius 2 is 2.05 bits per heavy atom. The Kier molecular flexibility index (Phi) is 2.63. The van der Waals surface area contributed by atoms with E-state index in [2.05, 4.69) is 30.4 Å². The molecule has 2 saturated carbocycles. The fourth-order valence-corrected chi connectivity index (χ4v) is 3.83. The number of hydrogen-bond donors (Lipinski definition) is 1. The van der Waals surface area contributed by atoms with E-state index >= 15 is 0 Å². The van der Waals surface area contributed by atoms with E-state index in [1.54, 1.807) is 0 Å². The van der Waals surface area contributed by atoms with Crippen molar-refractivity contribution < 1.29 is 4.74 Å². The van der Waals surface area contributed by atoms with Crippen LogP contribution in [0.1, 0.15) is 49.1 Å². The van der Waals surface area contributed by atoms with Crippen LogP contribution in [0, 0.1) is 12.3 Å². The number of rotatable bonds is 3. The van der Waals surface area contributed by atoms with E-state index < -0.39 is 0 Å². The summed E-state index contributed by atoms with van der Waals surface area (Å²) in [6.07, 6.45) is 6.98. The Morgan fingerprint density at radius 1 is 1.21 bits per heavy atom. The second-order valence-corrected chi connectivity index (χ2v) is 6.83. The first-order valence-electron chi connectivity index (χ1n) is 7.73. The predicted molar refractivity (Wildman–Crippen MR) is 76.7 cm³/mol. The van der Waals surface area contributed by atoms with Crippen LogP contribution in [-0.4, -0.2) is 19.2 Å². The molecule has 2 nitrogen and oxygen atoms in total. The van der Waals surface area contributed by atoms with Gasteiger partial charge in [0.15, 0.2) is 0 Å². The topological polar surface area (TPSA) is 21.3 Å². The summed E-state index contributed by atoms with van der Waals surface area (Å²) >= 11 is 0. The van der Waals surface area contributed by atoms with Crippen molar-refractivity contribution >= 4 is 0 Å². The largest absolute Gasteiger partial charge is 0.490 e. The normalized spacial score (nSPS) is 28.4. The molecule has 102 valence electrons. The van der Waals surface area contributed by atoms with Gasteiger partial charge in [-0.2, -0.15) is 0 Å². The van der Waals surface area contributed by atoms with Gasteiger partial charge in [0.05, 0.1) is 6.10 Å². The number of hydrogen-bond acceptors (Lipinski definition) is 2. The molecular formula is C17H23NO. The second kappa shape index (κ2) is 4.24.